The third-order valence-corrected chi connectivity index (χ3v) is 5.37. The molecule has 3 aromatic rings. The second-order valence-corrected chi connectivity index (χ2v) is 7.63. The molecule has 0 aliphatic carbocycles. The number of halogens is 3. The van der Waals surface area contributed by atoms with Crippen LogP contribution < -0.4 is 10.2 Å². The number of carbonyl (C=O) groups excluding carboxylic acids is 1. The Kier molecular flexibility index (Phi) is 6.09. The number of nitrogens with one attached hydrogen (secondary N) is 1. The van der Waals surface area contributed by atoms with Gasteiger partial charge in [-0.3, -0.25) is 4.79 Å². The normalized spacial score (nSPS) is 14.9. The van der Waals surface area contributed by atoms with Crippen LogP contribution in [0.2, 0.25) is 0 Å². The van der Waals surface area contributed by atoms with Crippen molar-refractivity contribution in [1.82, 2.24) is 14.9 Å². The van der Waals surface area contributed by atoms with Crippen LogP contribution in [0.1, 0.15) is 15.9 Å². The number of carbonyl (C=O) groups is 1. The summed E-state index contributed by atoms with van der Waals surface area (Å²) in [5.41, 5.74) is 0.148. The molecule has 1 N–H and O–H groups in total. The van der Waals surface area contributed by atoms with Crippen LogP contribution in [0.4, 0.5) is 24.5 Å². The van der Waals surface area contributed by atoms with Gasteiger partial charge in [0.25, 0.3) is 5.91 Å². The largest absolute Gasteiger partial charge is 0.418 e. The topological polar surface area (TPSA) is 61.4 Å². The molecule has 1 aliphatic heterocycles. The first-order valence-electron chi connectivity index (χ1n) is 10.1. The zero-order chi connectivity index (χ0) is 22.7. The minimum atomic E-state index is -4.61. The molecule has 2 heterocycles. The van der Waals surface area contributed by atoms with E-state index in [4.69, 9.17) is 0 Å². The highest BCUT2D eigenvalue weighted by atomic mass is 19.4. The second-order valence-electron chi connectivity index (χ2n) is 7.63. The van der Waals surface area contributed by atoms with Gasteiger partial charge in [-0.2, -0.15) is 13.2 Å². The fourth-order valence-electron chi connectivity index (χ4n) is 3.51. The van der Waals surface area contributed by atoms with Crippen LogP contribution in [0.15, 0.2) is 60.9 Å². The summed E-state index contributed by atoms with van der Waals surface area (Å²) >= 11 is 0. The Morgan fingerprint density at radius 2 is 1.62 bits per heavy atom. The minimum Gasteiger partial charge on any atom is -0.369 e. The maximum Gasteiger partial charge on any atom is 0.418 e. The van der Waals surface area contributed by atoms with Gasteiger partial charge in [0.15, 0.2) is 5.82 Å². The fourth-order valence-corrected chi connectivity index (χ4v) is 3.51. The lowest BCUT2D eigenvalue weighted by Gasteiger charge is -2.34. The van der Waals surface area contributed by atoms with Gasteiger partial charge in [0.2, 0.25) is 0 Å². The number of amides is 1. The number of hydrogen-bond donors (Lipinski definition) is 1. The summed E-state index contributed by atoms with van der Waals surface area (Å²) in [5.74, 6) is -0.280. The first kappa shape index (κ1) is 21.8. The van der Waals surface area contributed by atoms with Crippen molar-refractivity contribution in [1.29, 1.82) is 0 Å². The summed E-state index contributed by atoms with van der Waals surface area (Å²) in [7, 11) is 1.98. The SMILES string of the molecule is CN1CCN(c2ccc(NC(=O)c3cnc(-c4ccccc4)nc3)c(C(F)(F)F)c2)CC1. The number of nitrogens with zero attached hydrogens (tertiary/aromatic N) is 4. The standard InChI is InChI=1S/C23H22F3N5O/c1-30-9-11-31(12-10-30)18-7-8-20(19(13-18)23(24,25)26)29-22(32)17-14-27-21(28-15-17)16-5-3-2-4-6-16/h2-8,13-15H,9-12H2,1H3,(H,29,32). The number of rotatable bonds is 4. The first-order chi connectivity index (χ1) is 15.3. The van der Waals surface area contributed by atoms with E-state index >= 15 is 0 Å². The highest BCUT2D eigenvalue weighted by Crippen LogP contribution is 2.37. The molecule has 6 nitrogen and oxygen atoms in total. The Hall–Kier alpha value is -3.46. The number of benzene rings is 2. The third kappa shape index (κ3) is 4.88. The second kappa shape index (κ2) is 8.96. The number of piperazine rings is 1. The Morgan fingerprint density at radius 3 is 2.25 bits per heavy atom. The van der Waals surface area contributed by atoms with E-state index in [-0.39, 0.29) is 11.3 Å². The van der Waals surface area contributed by atoms with Crippen molar-refractivity contribution in [3.8, 4) is 11.4 Å². The molecule has 0 spiro atoms. The van der Waals surface area contributed by atoms with Crippen LogP contribution in [0, 0.1) is 0 Å². The van der Waals surface area contributed by atoms with Crippen molar-refractivity contribution in [2.75, 3.05) is 43.4 Å². The molecule has 1 amide bonds. The predicted molar refractivity (Wildman–Crippen MR) is 117 cm³/mol. The van der Waals surface area contributed by atoms with Gasteiger partial charge in [-0.25, -0.2) is 9.97 Å². The molecule has 0 atom stereocenters. The van der Waals surface area contributed by atoms with Crippen LogP contribution in [0.25, 0.3) is 11.4 Å². The summed E-state index contributed by atoms with van der Waals surface area (Å²) < 4.78 is 41.2. The maximum absolute atomic E-state index is 13.7. The summed E-state index contributed by atoms with van der Waals surface area (Å²) in [5, 5.41) is 2.36. The van der Waals surface area contributed by atoms with Gasteiger partial charge in [0.1, 0.15) is 0 Å². The van der Waals surface area contributed by atoms with Crippen LogP contribution in [-0.2, 0) is 6.18 Å². The Bertz CT molecular complexity index is 1080. The van der Waals surface area contributed by atoms with Crippen molar-refractivity contribution < 1.29 is 18.0 Å². The monoisotopic (exact) mass is 441 g/mol. The average molecular weight is 441 g/mol. The van der Waals surface area contributed by atoms with E-state index in [0.29, 0.717) is 24.6 Å². The Morgan fingerprint density at radius 1 is 0.969 bits per heavy atom. The number of alkyl halides is 3. The van der Waals surface area contributed by atoms with E-state index < -0.39 is 17.6 Å². The number of anilines is 2. The average Bonchev–Trinajstić information content (AvgIpc) is 2.80. The number of likely N-dealkylation sites (N-methyl/N-ethyl adjacent to an activating group) is 1. The highest BCUT2D eigenvalue weighted by molar-refractivity contribution is 6.04. The molecule has 166 valence electrons. The zero-order valence-electron chi connectivity index (χ0n) is 17.4. The summed E-state index contributed by atoms with van der Waals surface area (Å²) in [6.45, 7) is 2.84. The quantitative estimate of drug-likeness (QED) is 0.659. The Balaban J connectivity index is 1.54. The van der Waals surface area contributed by atoms with E-state index in [2.05, 4.69) is 20.2 Å². The Labute approximate surface area is 183 Å². The van der Waals surface area contributed by atoms with Gasteiger partial charge in [0, 0.05) is 49.8 Å². The molecule has 1 aliphatic rings. The van der Waals surface area contributed by atoms with Gasteiger partial charge < -0.3 is 15.1 Å². The van der Waals surface area contributed by atoms with E-state index in [1.807, 2.05) is 42.3 Å². The van der Waals surface area contributed by atoms with Crippen molar-refractivity contribution in [2.45, 2.75) is 6.18 Å². The number of aromatic nitrogens is 2. The molecular weight excluding hydrogens is 419 g/mol. The molecule has 2 aromatic carbocycles. The lowest BCUT2D eigenvalue weighted by atomic mass is 10.1. The molecule has 32 heavy (non-hydrogen) atoms. The molecule has 0 unspecified atom stereocenters. The number of hydrogen-bond acceptors (Lipinski definition) is 5. The lowest BCUT2D eigenvalue weighted by molar-refractivity contribution is -0.136. The van der Waals surface area contributed by atoms with Gasteiger partial charge >= 0.3 is 6.18 Å². The summed E-state index contributed by atoms with van der Waals surface area (Å²) in [6.07, 6.45) is -2.01. The van der Waals surface area contributed by atoms with Gasteiger partial charge in [0.05, 0.1) is 16.8 Å². The van der Waals surface area contributed by atoms with Crippen molar-refractivity contribution in [3.05, 3.63) is 72.1 Å². The maximum atomic E-state index is 13.7. The van der Waals surface area contributed by atoms with Crippen molar-refractivity contribution in [3.63, 3.8) is 0 Å². The molecule has 4 rings (SSSR count). The van der Waals surface area contributed by atoms with E-state index in [9.17, 15) is 18.0 Å². The smallest absolute Gasteiger partial charge is 0.369 e. The highest BCUT2D eigenvalue weighted by Gasteiger charge is 2.35. The van der Waals surface area contributed by atoms with Gasteiger partial charge in [-0.05, 0) is 25.2 Å². The van der Waals surface area contributed by atoms with Crippen LogP contribution >= 0.6 is 0 Å². The molecule has 0 radical (unpaired) electrons. The van der Waals surface area contributed by atoms with E-state index in [0.717, 1.165) is 24.7 Å². The molecule has 1 aromatic heterocycles. The van der Waals surface area contributed by atoms with Crippen molar-refractivity contribution in [2.24, 2.45) is 0 Å². The molecule has 0 bridgehead atoms. The van der Waals surface area contributed by atoms with E-state index in [1.54, 1.807) is 6.07 Å². The molecule has 1 fully saturated rings. The molecule has 1 saturated heterocycles. The van der Waals surface area contributed by atoms with Crippen LogP contribution in [0.5, 0.6) is 0 Å². The van der Waals surface area contributed by atoms with E-state index in [1.165, 1.54) is 18.5 Å². The first-order valence-corrected chi connectivity index (χ1v) is 10.1. The zero-order valence-corrected chi connectivity index (χ0v) is 17.4. The van der Waals surface area contributed by atoms with Crippen LogP contribution in [0.3, 0.4) is 0 Å². The molecule has 9 heteroatoms. The third-order valence-electron chi connectivity index (χ3n) is 5.37. The van der Waals surface area contributed by atoms with Gasteiger partial charge in [-0.15, -0.1) is 0 Å². The minimum absolute atomic E-state index is 0.0703. The lowest BCUT2D eigenvalue weighted by Crippen LogP contribution is -2.44. The summed E-state index contributed by atoms with van der Waals surface area (Å²) in [6, 6.07) is 13.2. The van der Waals surface area contributed by atoms with Crippen LogP contribution in [-0.4, -0.2) is 54.0 Å². The molecular formula is C23H22F3N5O. The molecule has 0 saturated carbocycles. The summed E-state index contributed by atoms with van der Waals surface area (Å²) in [4.78, 5) is 24.9. The fraction of sp³-hybridized carbons (Fsp3) is 0.261. The predicted octanol–water partition coefficient (Wildman–Crippen LogP) is 4.17. The van der Waals surface area contributed by atoms with Gasteiger partial charge in [-0.1, -0.05) is 30.3 Å². The van der Waals surface area contributed by atoms with Crippen molar-refractivity contribution >= 4 is 17.3 Å².